The van der Waals surface area contributed by atoms with E-state index in [1.807, 2.05) is 12.1 Å². The van der Waals surface area contributed by atoms with Gasteiger partial charge in [-0.2, -0.15) is 0 Å². The molecule has 1 aromatic carbocycles. The first-order valence-electron chi connectivity index (χ1n) is 8.61. The quantitative estimate of drug-likeness (QED) is 0.826. The van der Waals surface area contributed by atoms with E-state index < -0.39 is 5.97 Å². The molecule has 1 fully saturated rings. The molecule has 0 aliphatic carbocycles. The van der Waals surface area contributed by atoms with E-state index in [2.05, 4.69) is 5.32 Å². The van der Waals surface area contributed by atoms with Crippen LogP contribution >= 0.6 is 0 Å². The first kappa shape index (κ1) is 16.8. The molecule has 0 radical (unpaired) electrons. The fourth-order valence-corrected chi connectivity index (χ4v) is 3.43. The Bertz CT molecular complexity index is 611. The number of aliphatic carboxylic acids is 1. The van der Waals surface area contributed by atoms with Gasteiger partial charge < -0.3 is 20.1 Å². The average molecular weight is 332 g/mol. The van der Waals surface area contributed by atoms with Crippen molar-refractivity contribution < 1.29 is 19.4 Å². The summed E-state index contributed by atoms with van der Waals surface area (Å²) in [4.78, 5) is 24.5. The largest absolute Gasteiger partial charge is 0.494 e. The molecule has 2 aliphatic rings. The van der Waals surface area contributed by atoms with Crippen LogP contribution in [-0.4, -0.2) is 54.7 Å². The molecular weight excluding hydrogens is 308 g/mol. The normalized spacial score (nSPS) is 18.3. The molecule has 24 heavy (non-hydrogen) atoms. The minimum atomic E-state index is -0.982. The number of nitrogens with one attached hydrogen (secondary N) is 1. The van der Waals surface area contributed by atoms with E-state index in [1.54, 1.807) is 6.07 Å². The monoisotopic (exact) mass is 332 g/mol. The van der Waals surface area contributed by atoms with Gasteiger partial charge in [-0.3, -0.25) is 9.59 Å². The van der Waals surface area contributed by atoms with Gasteiger partial charge in [-0.1, -0.05) is 0 Å². The highest BCUT2D eigenvalue weighted by Gasteiger charge is 2.26. The van der Waals surface area contributed by atoms with Crippen molar-refractivity contribution >= 4 is 11.9 Å². The van der Waals surface area contributed by atoms with E-state index in [9.17, 15) is 9.59 Å². The number of carbonyl (C=O) groups is 2. The number of amides is 1. The van der Waals surface area contributed by atoms with Crippen molar-refractivity contribution in [1.29, 1.82) is 0 Å². The van der Waals surface area contributed by atoms with Gasteiger partial charge in [0.25, 0.3) is 5.91 Å². The summed E-state index contributed by atoms with van der Waals surface area (Å²) >= 11 is 0. The molecule has 0 saturated carbocycles. The summed E-state index contributed by atoms with van der Waals surface area (Å²) in [5.41, 5.74) is 1.54. The summed E-state index contributed by atoms with van der Waals surface area (Å²) in [5, 5.41) is 12.2. The summed E-state index contributed by atoms with van der Waals surface area (Å²) in [6.07, 6.45) is 4.15. The fourth-order valence-electron chi connectivity index (χ4n) is 3.43. The number of piperidine rings is 1. The summed E-state index contributed by atoms with van der Waals surface area (Å²) in [7, 11) is 0. The third kappa shape index (κ3) is 4.06. The molecule has 2 N–H and O–H groups in total. The van der Waals surface area contributed by atoms with Crippen LogP contribution < -0.4 is 10.1 Å². The molecular formula is C18H24N2O4. The van der Waals surface area contributed by atoms with Crippen LogP contribution in [0.15, 0.2) is 18.2 Å². The molecule has 1 aromatic rings. The Morgan fingerprint density at radius 2 is 2.12 bits per heavy atom. The maximum absolute atomic E-state index is 12.3. The Morgan fingerprint density at radius 1 is 1.33 bits per heavy atom. The first-order chi connectivity index (χ1) is 11.6. The van der Waals surface area contributed by atoms with Gasteiger partial charge in [-0.25, -0.2) is 0 Å². The minimum Gasteiger partial charge on any atom is -0.494 e. The molecule has 0 bridgehead atoms. The Labute approximate surface area is 141 Å². The molecule has 2 aliphatic heterocycles. The maximum atomic E-state index is 12.3. The highest BCUT2D eigenvalue weighted by atomic mass is 16.5. The Balaban J connectivity index is 1.56. The van der Waals surface area contributed by atoms with E-state index in [0.717, 1.165) is 36.7 Å². The van der Waals surface area contributed by atoms with Crippen LogP contribution in [0.1, 0.15) is 35.2 Å². The number of fused-ring (bicyclic) bond motifs is 1. The zero-order valence-electron chi connectivity index (χ0n) is 13.8. The standard InChI is InChI=1S/C18H24N2O4/c21-17(22)12-20-9-5-14-11-15(1-2-16(14)18(20)23)24-10-6-13-3-7-19-8-4-13/h1-2,11,13,19H,3-10,12H2,(H,21,22). The van der Waals surface area contributed by atoms with Gasteiger partial charge in [0.2, 0.25) is 0 Å². The molecule has 6 nitrogen and oxygen atoms in total. The van der Waals surface area contributed by atoms with E-state index in [0.29, 0.717) is 25.1 Å². The number of hydrogen-bond acceptors (Lipinski definition) is 4. The minimum absolute atomic E-state index is 0.208. The molecule has 6 heteroatoms. The smallest absolute Gasteiger partial charge is 0.323 e. The van der Waals surface area contributed by atoms with Crippen LogP contribution in [0.5, 0.6) is 5.75 Å². The third-order valence-electron chi connectivity index (χ3n) is 4.83. The summed E-state index contributed by atoms with van der Waals surface area (Å²) in [5.74, 6) is 0.335. The molecule has 0 unspecified atom stereocenters. The van der Waals surface area contributed by atoms with Gasteiger partial charge in [0, 0.05) is 12.1 Å². The Hall–Kier alpha value is -2.08. The SMILES string of the molecule is O=C(O)CN1CCc2cc(OCCC3CCNCC3)ccc2C1=O. The molecule has 0 aromatic heterocycles. The summed E-state index contributed by atoms with van der Waals surface area (Å²) < 4.78 is 5.86. The average Bonchev–Trinajstić information content (AvgIpc) is 2.58. The fraction of sp³-hybridized carbons (Fsp3) is 0.556. The predicted molar refractivity (Wildman–Crippen MR) is 89.4 cm³/mol. The number of carboxylic acids is 1. The molecule has 0 atom stereocenters. The van der Waals surface area contributed by atoms with Crippen molar-refractivity contribution in [1.82, 2.24) is 10.2 Å². The lowest BCUT2D eigenvalue weighted by molar-refractivity contribution is -0.137. The second-order valence-electron chi connectivity index (χ2n) is 6.52. The van der Waals surface area contributed by atoms with Crippen LogP contribution in [0, 0.1) is 5.92 Å². The first-order valence-corrected chi connectivity index (χ1v) is 8.61. The van der Waals surface area contributed by atoms with Crippen molar-refractivity contribution in [2.45, 2.75) is 25.7 Å². The number of carboxylic acid groups (broad SMARTS) is 1. The van der Waals surface area contributed by atoms with Crippen molar-refractivity contribution in [2.24, 2.45) is 5.92 Å². The van der Waals surface area contributed by atoms with E-state index >= 15 is 0 Å². The predicted octanol–water partition coefficient (Wildman–Crippen LogP) is 1.54. The highest BCUT2D eigenvalue weighted by molar-refractivity contribution is 5.98. The Morgan fingerprint density at radius 3 is 2.88 bits per heavy atom. The zero-order chi connectivity index (χ0) is 16.9. The lowest BCUT2D eigenvalue weighted by Crippen LogP contribution is -2.40. The van der Waals surface area contributed by atoms with Crippen molar-refractivity contribution in [2.75, 3.05) is 32.8 Å². The Kier molecular flexibility index (Phi) is 5.35. The van der Waals surface area contributed by atoms with Gasteiger partial charge in [0.15, 0.2) is 0 Å². The van der Waals surface area contributed by atoms with Crippen molar-refractivity contribution in [3.63, 3.8) is 0 Å². The number of hydrogen-bond donors (Lipinski definition) is 2. The molecule has 1 saturated heterocycles. The lowest BCUT2D eigenvalue weighted by atomic mass is 9.95. The van der Waals surface area contributed by atoms with Gasteiger partial charge in [0.1, 0.15) is 12.3 Å². The number of ether oxygens (including phenoxy) is 1. The van der Waals surface area contributed by atoms with Gasteiger partial charge in [-0.05, 0) is 68.5 Å². The van der Waals surface area contributed by atoms with E-state index in [1.165, 1.54) is 17.7 Å². The molecule has 3 rings (SSSR count). The van der Waals surface area contributed by atoms with E-state index in [4.69, 9.17) is 9.84 Å². The number of rotatable bonds is 6. The molecule has 130 valence electrons. The summed E-state index contributed by atoms with van der Waals surface area (Å²) in [6, 6.07) is 5.49. The van der Waals surface area contributed by atoms with Gasteiger partial charge in [0.05, 0.1) is 6.61 Å². The van der Waals surface area contributed by atoms with Crippen LogP contribution in [-0.2, 0) is 11.2 Å². The maximum Gasteiger partial charge on any atom is 0.323 e. The topological polar surface area (TPSA) is 78.9 Å². The zero-order valence-corrected chi connectivity index (χ0v) is 13.8. The van der Waals surface area contributed by atoms with Crippen LogP contribution in [0.4, 0.5) is 0 Å². The van der Waals surface area contributed by atoms with Gasteiger partial charge in [-0.15, -0.1) is 0 Å². The highest BCUT2D eigenvalue weighted by Crippen LogP contribution is 2.24. The van der Waals surface area contributed by atoms with Crippen LogP contribution in [0.3, 0.4) is 0 Å². The van der Waals surface area contributed by atoms with Crippen molar-refractivity contribution in [3.05, 3.63) is 29.3 Å². The lowest BCUT2D eigenvalue weighted by Gasteiger charge is -2.27. The number of carbonyl (C=O) groups excluding carboxylic acids is 1. The van der Waals surface area contributed by atoms with E-state index in [-0.39, 0.29) is 12.5 Å². The number of nitrogens with zero attached hydrogens (tertiary/aromatic N) is 1. The number of benzene rings is 1. The van der Waals surface area contributed by atoms with Crippen LogP contribution in [0.2, 0.25) is 0 Å². The van der Waals surface area contributed by atoms with Gasteiger partial charge >= 0.3 is 5.97 Å². The van der Waals surface area contributed by atoms with Crippen molar-refractivity contribution in [3.8, 4) is 5.75 Å². The summed E-state index contributed by atoms with van der Waals surface area (Å²) in [6.45, 7) is 3.09. The second kappa shape index (κ2) is 7.66. The molecule has 0 spiro atoms. The second-order valence-corrected chi connectivity index (χ2v) is 6.52. The molecule has 2 heterocycles. The van der Waals surface area contributed by atoms with Crippen LogP contribution in [0.25, 0.3) is 0 Å². The molecule has 1 amide bonds. The third-order valence-corrected chi connectivity index (χ3v) is 4.83.